The second-order valence-electron chi connectivity index (χ2n) is 6.45. The van der Waals surface area contributed by atoms with Crippen LogP contribution in [0.25, 0.3) is 0 Å². The maximum Gasteiger partial charge on any atom is 0.346 e. The standard InChI is InChI=1S/C20H20N4O5/c1-20(14-6-4-3-5-7-14)18(26)24(19(27)23-20)22-11-13-8-9-15(16(10-13)28-2)29-12-17(21)25/h3-11H,12H2,1-2H3,(H2,21,25)(H,23,27)/b22-11-/t20-/m0/s1. The number of rotatable bonds is 7. The number of ether oxygens (including phenoxy) is 2. The first-order chi connectivity index (χ1) is 13.8. The number of hydrogen-bond acceptors (Lipinski definition) is 6. The zero-order chi connectivity index (χ0) is 21.0. The monoisotopic (exact) mass is 396 g/mol. The number of nitrogens with zero attached hydrogens (tertiary/aromatic N) is 2. The van der Waals surface area contributed by atoms with E-state index in [0.717, 1.165) is 5.01 Å². The third kappa shape index (κ3) is 4.03. The molecule has 1 saturated heterocycles. The number of benzene rings is 2. The van der Waals surface area contributed by atoms with Gasteiger partial charge in [-0.05, 0) is 36.2 Å². The lowest BCUT2D eigenvalue weighted by Gasteiger charge is -2.20. The van der Waals surface area contributed by atoms with E-state index in [1.54, 1.807) is 49.4 Å². The van der Waals surface area contributed by atoms with Crippen molar-refractivity contribution in [3.05, 3.63) is 59.7 Å². The van der Waals surface area contributed by atoms with Gasteiger partial charge in [0, 0.05) is 0 Å². The average molecular weight is 396 g/mol. The summed E-state index contributed by atoms with van der Waals surface area (Å²) in [7, 11) is 1.44. The number of carbonyl (C=O) groups is 3. The molecule has 0 aromatic heterocycles. The molecule has 1 heterocycles. The Labute approximate surface area is 167 Å². The fourth-order valence-electron chi connectivity index (χ4n) is 2.85. The van der Waals surface area contributed by atoms with Crippen LogP contribution in [0.1, 0.15) is 18.1 Å². The minimum Gasteiger partial charge on any atom is -0.493 e. The summed E-state index contributed by atoms with van der Waals surface area (Å²) >= 11 is 0. The van der Waals surface area contributed by atoms with Crippen LogP contribution >= 0.6 is 0 Å². The highest BCUT2D eigenvalue weighted by Gasteiger charge is 2.49. The van der Waals surface area contributed by atoms with Gasteiger partial charge < -0.3 is 20.5 Å². The van der Waals surface area contributed by atoms with Crippen LogP contribution in [0.3, 0.4) is 0 Å². The molecule has 0 bridgehead atoms. The molecule has 9 heteroatoms. The van der Waals surface area contributed by atoms with Gasteiger partial charge in [-0.3, -0.25) is 9.59 Å². The Morgan fingerprint density at radius 1 is 1.21 bits per heavy atom. The second-order valence-corrected chi connectivity index (χ2v) is 6.45. The molecule has 3 rings (SSSR count). The smallest absolute Gasteiger partial charge is 0.346 e. The zero-order valence-electron chi connectivity index (χ0n) is 15.9. The van der Waals surface area contributed by atoms with Gasteiger partial charge in [0.15, 0.2) is 18.1 Å². The normalized spacial score (nSPS) is 18.8. The van der Waals surface area contributed by atoms with E-state index < -0.39 is 23.4 Å². The summed E-state index contributed by atoms with van der Waals surface area (Å²) in [6, 6.07) is 13.1. The van der Waals surface area contributed by atoms with E-state index in [4.69, 9.17) is 15.2 Å². The quantitative estimate of drug-likeness (QED) is 0.540. The Morgan fingerprint density at radius 2 is 1.93 bits per heavy atom. The van der Waals surface area contributed by atoms with Crippen molar-refractivity contribution in [3.8, 4) is 11.5 Å². The number of nitrogens with one attached hydrogen (secondary N) is 1. The Morgan fingerprint density at radius 3 is 2.59 bits per heavy atom. The summed E-state index contributed by atoms with van der Waals surface area (Å²) in [5.41, 5.74) is 5.09. The predicted octanol–water partition coefficient (Wildman–Crippen LogP) is 1.36. The van der Waals surface area contributed by atoms with Crippen LogP contribution < -0.4 is 20.5 Å². The Balaban J connectivity index is 1.80. The summed E-state index contributed by atoms with van der Waals surface area (Å²) in [6.07, 6.45) is 1.36. The molecule has 2 aromatic carbocycles. The number of methoxy groups -OCH3 is 1. The van der Waals surface area contributed by atoms with Crippen molar-refractivity contribution in [1.82, 2.24) is 10.3 Å². The van der Waals surface area contributed by atoms with Gasteiger partial charge in [-0.25, -0.2) is 4.79 Å². The van der Waals surface area contributed by atoms with Crippen LogP contribution in [0.4, 0.5) is 4.79 Å². The highest BCUT2D eigenvalue weighted by Crippen LogP contribution is 2.30. The number of carbonyl (C=O) groups excluding carboxylic acids is 3. The number of amides is 4. The van der Waals surface area contributed by atoms with E-state index in [9.17, 15) is 14.4 Å². The van der Waals surface area contributed by atoms with Crippen LogP contribution in [0.5, 0.6) is 11.5 Å². The fourth-order valence-corrected chi connectivity index (χ4v) is 2.85. The number of imide groups is 1. The van der Waals surface area contributed by atoms with Crippen molar-refractivity contribution in [2.24, 2.45) is 10.8 Å². The van der Waals surface area contributed by atoms with Crippen molar-refractivity contribution >= 4 is 24.1 Å². The average Bonchev–Trinajstić information content (AvgIpc) is 2.94. The molecule has 0 aliphatic carbocycles. The third-order valence-corrected chi connectivity index (χ3v) is 4.40. The number of hydrogen-bond donors (Lipinski definition) is 2. The maximum atomic E-state index is 12.8. The topological polar surface area (TPSA) is 123 Å². The van der Waals surface area contributed by atoms with Gasteiger partial charge in [-0.1, -0.05) is 30.3 Å². The maximum absolute atomic E-state index is 12.8. The van der Waals surface area contributed by atoms with E-state index in [-0.39, 0.29) is 6.61 Å². The minimum absolute atomic E-state index is 0.287. The third-order valence-electron chi connectivity index (χ3n) is 4.40. The molecule has 29 heavy (non-hydrogen) atoms. The van der Waals surface area contributed by atoms with E-state index >= 15 is 0 Å². The van der Waals surface area contributed by atoms with Crippen LogP contribution in [-0.4, -0.2) is 42.8 Å². The van der Waals surface area contributed by atoms with Gasteiger partial charge in [0.2, 0.25) is 0 Å². The molecular formula is C20H20N4O5. The lowest BCUT2D eigenvalue weighted by molar-refractivity contribution is -0.131. The Hall–Kier alpha value is -3.88. The van der Waals surface area contributed by atoms with Gasteiger partial charge in [-0.2, -0.15) is 5.10 Å². The van der Waals surface area contributed by atoms with E-state index in [0.29, 0.717) is 22.6 Å². The van der Waals surface area contributed by atoms with Crippen molar-refractivity contribution < 1.29 is 23.9 Å². The molecule has 0 unspecified atom stereocenters. The highest BCUT2D eigenvalue weighted by atomic mass is 16.5. The lowest BCUT2D eigenvalue weighted by Crippen LogP contribution is -2.40. The number of hydrazone groups is 1. The van der Waals surface area contributed by atoms with Crippen molar-refractivity contribution in [3.63, 3.8) is 0 Å². The van der Waals surface area contributed by atoms with Crippen molar-refractivity contribution in [1.29, 1.82) is 0 Å². The number of primary amides is 1. The van der Waals surface area contributed by atoms with Crippen molar-refractivity contribution in [2.45, 2.75) is 12.5 Å². The number of urea groups is 1. The fraction of sp³-hybridized carbons (Fsp3) is 0.200. The van der Waals surface area contributed by atoms with E-state index in [1.165, 1.54) is 13.3 Å². The number of nitrogens with two attached hydrogens (primary N) is 1. The summed E-state index contributed by atoms with van der Waals surface area (Å²) in [5, 5.41) is 7.50. The van der Waals surface area contributed by atoms with E-state index in [1.807, 2.05) is 6.07 Å². The largest absolute Gasteiger partial charge is 0.493 e. The molecule has 1 fully saturated rings. The SMILES string of the molecule is COc1cc(/C=N\N2C(=O)N[C@@](C)(c3ccccc3)C2=O)ccc1OCC(N)=O. The van der Waals surface area contributed by atoms with Gasteiger partial charge in [0.25, 0.3) is 11.8 Å². The molecular weight excluding hydrogens is 376 g/mol. The van der Waals surface area contributed by atoms with Gasteiger partial charge in [-0.15, -0.1) is 5.01 Å². The molecule has 3 N–H and O–H groups in total. The highest BCUT2D eigenvalue weighted by molar-refractivity contribution is 6.07. The molecule has 0 radical (unpaired) electrons. The van der Waals surface area contributed by atoms with Crippen LogP contribution in [0.15, 0.2) is 53.6 Å². The summed E-state index contributed by atoms with van der Waals surface area (Å²) in [6.45, 7) is 1.34. The molecule has 1 aliphatic rings. The molecule has 150 valence electrons. The molecule has 1 atom stereocenters. The molecule has 2 aromatic rings. The summed E-state index contributed by atoms with van der Waals surface area (Å²) < 4.78 is 10.5. The first-order valence-electron chi connectivity index (χ1n) is 8.70. The molecule has 0 spiro atoms. The van der Waals surface area contributed by atoms with Gasteiger partial charge in [0.05, 0.1) is 13.3 Å². The molecule has 4 amide bonds. The second kappa shape index (κ2) is 8.01. The Kier molecular flexibility index (Phi) is 5.49. The van der Waals surface area contributed by atoms with E-state index in [2.05, 4.69) is 10.4 Å². The van der Waals surface area contributed by atoms with Crippen molar-refractivity contribution in [2.75, 3.05) is 13.7 Å². The molecule has 9 nitrogen and oxygen atoms in total. The van der Waals surface area contributed by atoms with Crippen LogP contribution in [0, 0.1) is 0 Å². The molecule has 0 saturated carbocycles. The summed E-state index contributed by atoms with van der Waals surface area (Å²) in [4.78, 5) is 36.0. The summed E-state index contributed by atoms with van der Waals surface area (Å²) in [5.74, 6) is -0.423. The van der Waals surface area contributed by atoms with Crippen LogP contribution in [-0.2, 0) is 15.1 Å². The minimum atomic E-state index is -1.19. The molecule has 1 aliphatic heterocycles. The first-order valence-corrected chi connectivity index (χ1v) is 8.70. The lowest BCUT2D eigenvalue weighted by atomic mass is 9.92. The Bertz CT molecular complexity index is 976. The predicted molar refractivity (Wildman–Crippen MR) is 104 cm³/mol. The van der Waals surface area contributed by atoms with Gasteiger partial charge >= 0.3 is 6.03 Å². The zero-order valence-corrected chi connectivity index (χ0v) is 15.9. The van der Waals surface area contributed by atoms with Crippen LogP contribution in [0.2, 0.25) is 0 Å². The van der Waals surface area contributed by atoms with Gasteiger partial charge in [0.1, 0.15) is 5.54 Å². The first kappa shape index (κ1) is 19.9.